The monoisotopic (exact) mass is 295 g/mol. The third-order valence-electron chi connectivity index (χ3n) is 3.75. The van der Waals surface area contributed by atoms with Gasteiger partial charge in [0.2, 0.25) is 0 Å². The number of nitrogens with zero attached hydrogens (tertiary/aromatic N) is 1. The topological polar surface area (TPSA) is 20.3 Å². The minimum Gasteiger partial charge on any atom is -0.302 e. The summed E-state index contributed by atoms with van der Waals surface area (Å²) in [6, 6.07) is 5.83. The van der Waals surface area contributed by atoms with Crippen molar-refractivity contribution >= 4 is 17.5 Å². The first-order chi connectivity index (χ1) is 9.46. The zero-order valence-corrected chi connectivity index (χ0v) is 13.0. The van der Waals surface area contributed by atoms with Gasteiger partial charge in [-0.25, -0.2) is 4.39 Å². The second-order valence-corrected chi connectivity index (χ2v) is 7.68. The van der Waals surface area contributed by atoms with E-state index in [0.29, 0.717) is 16.7 Å². The Labute approximate surface area is 124 Å². The van der Waals surface area contributed by atoms with Crippen LogP contribution in [-0.4, -0.2) is 40.8 Å². The van der Waals surface area contributed by atoms with Crippen molar-refractivity contribution in [3.63, 3.8) is 0 Å². The van der Waals surface area contributed by atoms with Crippen molar-refractivity contribution in [3.05, 3.63) is 35.6 Å². The highest BCUT2D eigenvalue weighted by atomic mass is 32.2. The smallest absolute Gasteiger partial charge is 0.164 e. The summed E-state index contributed by atoms with van der Waals surface area (Å²) in [7, 11) is 0. The lowest BCUT2D eigenvalue weighted by molar-refractivity contribution is 0.0965. The van der Waals surface area contributed by atoms with E-state index in [1.165, 1.54) is 12.1 Å². The maximum absolute atomic E-state index is 12.8. The number of thioether (sulfide) groups is 1. The maximum Gasteiger partial charge on any atom is 0.164 e. The van der Waals surface area contributed by atoms with Crippen molar-refractivity contribution in [2.24, 2.45) is 0 Å². The van der Waals surface area contributed by atoms with Gasteiger partial charge in [0.15, 0.2) is 5.78 Å². The van der Waals surface area contributed by atoms with Gasteiger partial charge in [0.05, 0.1) is 0 Å². The van der Waals surface area contributed by atoms with E-state index in [4.69, 9.17) is 0 Å². The summed E-state index contributed by atoms with van der Waals surface area (Å²) in [5, 5.41) is 0. The van der Waals surface area contributed by atoms with Crippen LogP contribution in [-0.2, 0) is 0 Å². The van der Waals surface area contributed by atoms with Gasteiger partial charge in [0.1, 0.15) is 5.82 Å². The van der Waals surface area contributed by atoms with Crippen LogP contribution < -0.4 is 0 Å². The molecule has 2 nitrogen and oxygen atoms in total. The summed E-state index contributed by atoms with van der Waals surface area (Å²) in [6.07, 6.45) is 1.67. The van der Waals surface area contributed by atoms with Crippen LogP contribution in [0.25, 0.3) is 0 Å². The van der Waals surface area contributed by atoms with Gasteiger partial charge in [-0.3, -0.25) is 4.79 Å². The number of carbonyl (C=O) groups is 1. The lowest BCUT2D eigenvalue weighted by Gasteiger charge is -2.22. The Morgan fingerprint density at radius 3 is 2.70 bits per heavy atom. The molecular weight excluding hydrogens is 273 g/mol. The molecule has 0 atom stereocenters. The molecule has 1 heterocycles. The third-order valence-corrected chi connectivity index (χ3v) is 5.12. The van der Waals surface area contributed by atoms with Gasteiger partial charge >= 0.3 is 0 Å². The minimum absolute atomic E-state index is 0.0983. The molecule has 1 aromatic carbocycles. The normalized spacial score (nSPS) is 19.6. The van der Waals surface area contributed by atoms with Gasteiger partial charge in [0, 0.05) is 35.6 Å². The molecule has 2 rings (SSSR count). The van der Waals surface area contributed by atoms with E-state index in [0.717, 1.165) is 31.8 Å². The molecule has 0 spiro atoms. The van der Waals surface area contributed by atoms with Gasteiger partial charge in [-0.2, -0.15) is 11.8 Å². The quantitative estimate of drug-likeness (QED) is 0.791. The van der Waals surface area contributed by atoms with Crippen molar-refractivity contribution in [2.75, 3.05) is 25.4 Å². The minimum atomic E-state index is -0.298. The molecule has 1 aliphatic heterocycles. The third kappa shape index (κ3) is 4.60. The van der Waals surface area contributed by atoms with Crippen LogP contribution in [0.1, 0.15) is 37.0 Å². The molecule has 110 valence electrons. The molecule has 0 aromatic heterocycles. The first-order valence-corrected chi connectivity index (χ1v) is 8.10. The average molecular weight is 295 g/mol. The molecule has 0 radical (unpaired) electrons. The van der Waals surface area contributed by atoms with Gasteiger partial charge < -0.3 is 4.90 Å². The number of carbonyl (C=O) groups excluding carboxylic acids is 1. The molecule has 1 saturated heterocycles. The number of ketones is 1. The average Bonchev–Trinajstić information content (AvgIpc) is 2.58. The van der Waals surface area contributed by atoms with Crippen LogP contribution in [0.5, 0.6) is 0 Å². The van der Waals surface area contributed by atoms with E-state index in [1.54, 1.807) is 12.1 Å². The van der Waals surface area contributed by atoms with Gasteiger partial charge in [-0.1, -0.05) is 13.8 Å². The predicted octanol–water partition coefficient (Wildman–Crippen LogP) is 3.62. The van der Waals surface area contributed by atoms with E-state index in [1.807, 2.05) is 11.8 Å². The molecule has 0 unspecified atom stereocenters. The Hall–Kier alpha value is -0.870. The summed E-state index contributed by atoms with van der Waals surface area (Å²) in [4.78, 5) is 14.4. The Kier molecular flexibility index (Phi) is 5.22. The van der Waals surface area contributed by atoms with Gasteiger partial charge in [0.25, 0.3) is 0 Å². The SMILES string of the molecule is CC1(C)CCN(CCC(=O)c2ccc(F)cc2)CCS1. The van der Waals surface area contributed by atoms with Crippen molar-refractivity contribution in [1.29, 1.82) is 0 Å². The largest absolute Gasteiger partial charge is 0.302 e. The maximum atomic E-state index is 12.8. The Morgan fingerprint density at radius 2 is 2.00 bits per heavy atom. The molecule has 4 heteroatoms. The molecule has 0 amide bonds. The Balaban J connectivity index is 1.83. The zero-order valence-electron chi connectivity index (χ0n) is 12.2. The van der Waals surface area contributed by atoms with Gasteiger partial charge in [-0.15, -0.1) is 0 Å². The predicted molar refractivity (Wildman–Crippen MR) is 82.9 cm³/mol. The first kappa shape index (κ1) is 15.5. The standard InChI is InChI=1S/C16H22FNOS/c1-16(2)8-10-18(11-12-20-16)9-7-15(19)13-3-5-14(17)6-4-13/h3-6H,7-12H2,1-2H3. The summed E-state index contributed by atoms with van der Waals surface area (Å²) in [5.74, 6) is 0.923. The molecular formula is C16H22FNOS. The fourth-order valence-electron chi connectivity index (χ4n) is 2.33. The van der Waals surface area contributed by atoms with Crippen LogP contribution >= 0.6 is 11.8 Å². The molecule has 0 saturated carbocycles. The summed E-state index contributed by atoms with van der Waals surface area (Å²) >= 11 is 2.01. The van der Waals surface area contributed by atoms with E-state index in [2.05, 4.69) is 18.7 Å². The number of benzene rings is 1. The number of hydrogen-bond acceptors (Lipinski definition) is 3. The Bertz CT molecular complexity index is 458. The van der Waals surface area contributed by atoms with Crippen LogP contribution in [0.2, 0.25) is 0 Å². The lowest BCUT2D eigenvalue weighted by Crippen LogP contribution is -2.29. The summed E-state index contributed by atoms with van der Waals surface area (Å²) in [6.45, 7) is 7.46. The van der Waals surface area contributed by atoms with Crippen LogP contribution in [0.4, 0.5) is 4.39 Å². The second-order valence-electron chi connectivity index (χ2n) is 5.88. The van der Waals surface area contributed by atoms with Crippen molar-refractivity contribution in [1.82, 2.24) is 4.90 Å². The highest BCUT2D eigenvalue weighted by Gasteiger charge is 2.23. The fourth-order valence-corrected chi connectivity index (χ4v) is 3.46. The molecule has 0 aliphatic carbocycles. The van der Waals surface area contributed by atoms with Crippen molar-refractivity contribution < 1.29 is 9.18 Å². The van der Waals surface area contributed by atoms with E-state index < -0.39 is 0 Å². The van der Waals surface area contributed by atoms with Gasteiger partial charge in [-0.05, 0) is 37.2 Å². The molecule has 20 heavy (non-hydrogen) atoms. The Morgan fingerprint density at radius 1 is 1.30 bits per heavy atom. The number of hydrogen-bond donors (Lipinski definition) is 0. The summed E-state index contributed by atoms with van der Waals surface area (Å²) in [5.41, 5.74) is 0.607. The summed E-state index contributed by atoms with van der Waals surface area (Å²) < 4.78 is 13.2. The van der Waals surface area contributed by atoms with Crippen LogP contribution in [0.3, 0.4) is 0 Å². The second kappa shape index (κ2) is 6.72. The molecule has 0 N–H and O–H groups in total. The highest BCUT2D eigenvalue weighted by molar-refractivity contribution is 8.00. The van der Waals surface area contributed by atoms with Crippen molar-refractivity contribution in [2.45, 2.75) is 31.4 Å². The van der Waals surface area contributed by atoms with E-state index >= 15 is 0 Å². The van der Waals surface area contributed by atoms with Crippen molar-refractivity contribution in [3.8, 4) is 0 Å². The molecule has 1 fully saturated rings. The highest BCUT2D eigenvalue weighted by Crippen LogP contribution is 2.30. The van der Waals surface area contributed by atoms with Crippen LogP contribution in [0, 0.1) is 5.82 Å². The number of rotatable bonds is 4. The fraction of sp³-hybridized carbons (Fsp3) is 0.562. The molecule has 1 aliphatic rings. The molecule has 1 aromatic rings. The number of halogens is 1. The lowest BCUT2D eigenvalue weighted by atomic mass is 10.1. The van der Waals surface area contributed by atoms with E-state index in [9.17, 15) is 9.18 Å². The first-order valence-electron chi connectivity index (χ1n) is 7.11. The molecule has 0 bridgehead atoms. The zero-order chi connectivity index (χ0) is 14.6. The number of Topliss-reactive ketones (excluding diaryl/α,β-unsaturated/α-hetero) is 1. The van der Waals surface area contributed by atoms with Crippen LogP contribution in [0.15, 0.2) is 24.3 Å². The van der Waals surface area contributed by atoms with E-state index in [-0.39, 0.29) is 11.6 Å².